The van der Waals surface area contributed by atoms with Crippen molar-refractivity contribution in [3.05, 3.63) is 15.9 Å². The van der Waals surface area contributed by atoms with Crippen LogP contribution in [-0.2, 0) is 18.9 Å². The van der Waals surface area contributed by atoms with Crippen LogP contribution in [0.5, 0.6) is 0 Å². The summed E-state index contributed by atoms with van der Waals surface area (Å²) in [7, 11) is 0. The fraction of sp³-hybridized carbons (Fsp3) is 0.767. The number of halogens is 3. The Morgan fingerprint density at radius 3 is 0.761 bits per heavy atom. The number of piperazine rings is 3. The number of carbonyl (C=O) groups excluding carboxylic acids is 4. The summed E-state index contributed by atoms with van der Waals surface area (Å²) in [6, 6.07) is 0. The molecule has 4 aliphatic rings. The first-order valence-electron chi connectivity index (χ1n) is 22.7. The predicted octanol–water partition coefficient (Wildman–Crippen LogP) is 7.28. The van der Waals surface area contributed by atoms with Gasteiger partial charge in [0, 0.05) is 91.6 Å². The molecule has 6 rings (SSSR count). The van der Waals surface area contributed by atoms with Gasteiger partial charge in [0.25, 0.3) is 0 Å². The van der Waals surface area contributed by atoms with E-state index < -0.39 is 16.8 Å². The maximum absolute atomic E-state index is 12.6. The van der Waals surface area contributed by atoms with E-state index in [2.05, 4.69) is 29.7 Å². The average molecular weight is 1000 g/mol. The van der Waals surface area contributed by atoms with Gasteiger partial charge in [-0.05, 0) is 137 Å². The molecule has 0 atom stereocenters. The Morgan fingerprint density at radius 1 is 0.343 bits per heavy atom. The highest BCUT2D eigenvalue weighted by Crippen LogP contribution is 2.24. The number of amides is 4. The Bertz CT molecular complexity index is 1750. The van der Waals surface area contributed by atoms with Crippen LogP contribution in [0.4, 0.5) is 37.0 Å². The first-order chi connectivity index (χ1) is 31.0. The number of anilines is 3. The van der Waals surface area contributed by atoms with Crippen molar-refractivity contribution >= 4 is 77.0 Å². The minimum atomic E-state index is -0.562. The molecular weight excluding hydrogens is 933 g/mol. The minimum Gasteiger partial charge on any atom is -0.444 e. The maximum atomic E-state index is 12.6. The van der Waals surface area contributed by atoms with Crippen LogP contribution < -0.4 is 14.7 Å². The SMILES string of the molecule is CC(C)(C)OC(=O)N1CCCCC1.CC(C)(C)OC(=O)N1CCN(c2nc(N3CCN(C(=O)OC(C)(C)C)CC3)nc(N3CCN(C(=O)OC(C)(C)C)CC3)n2)CC1.Clc1nc(Cl)nc(Cl)n1. The van der Waals surface area contributed by atoms with Crippen molar-refractivity contribution in [2.45, 2.75) is 125 Å². The molecule has 0 aromatic carbocycles. The van der Waals surface area contributed by atoms with Gasteiger partial charge in [-0.1, -0.05) is 0 Å². The molecular formula is C43H70Cl3N13O8. The van der Waals surface area contributed by atoms with Gasteiger partial charge in [-0.2, -0.15) is 29.9 Å². The summed E-state index contributed by atoms with van der Waals surface area (Å²) in [5.41, 5.74) is -2.05. The molecule has 2 aromatic rings. The zero-order valence-electron chi connectivity index (χ0n) is 41.2. The molecule has 0 unspecified atom stereocenters. The summed E-state index contributed by atoms with van der Waals surface area (Å²) in [6.07, 6.45) is 2.31. The van der Waals surface area contributed by atoms with E-state index in [4.69, 9.17) is 68.7 Å². The Morgan fingerprint density at radius 2 is 0.552 bits per heavy atom. The zero-order valence-corrected chi connectivity index (χ0v) is 43.5. The summed E-state index contributed by atoms with van der Waals surface area (Å²) >= 11 is 16.0. The van der Waals surface area contributed by atoms with E-state index in [1.807, 2.05) is 83.1 Å². The van der Waals surface area contributed by atoms with Crippen LogP contribution in [0.2, 0.25) is 15.9 Å². The number of ether oxygens (including phenoxy) is 4. The fourth-order valence-electron chi connectivity index (χ4n) is 6.72. The van der Waals surface area contributed by atoms with Crippen LogP contribution in [0.1, 0.15) is 102 Å². The molecule has 24 heteroatoms. The number of piperidine rings is 1. The molecule has 0 aliphatic carbocycles. The van der Waals surface area contributed by atoms with Crippen molar-refractivity contribution in [1.82, 2.24) is 49.5 Å². The highest BCUT2D eigenvalue weighted by atomic mass is 35.5. The predicted molar refractivity (Wildman–Crippen MR) is 256 cm³/mol. The normalized spacial score (nSPS) is 17.4. The quantitative estimate of drug-likeness (QED) is 0.277. The third-order valence-corrected chi connectivity index (χ3v) is 10.3. The lowest BCUT2D eigenvalue weighted by Gasteiger charge is -2.38. The fourth-order valence-corrected chi connectivity index (χ4v) is 7.33. The molecule has 4 amide bonds. The zero-order chi connectivity index (χ0) is 49.9. The second-order valence-electron chi connectivity index (χ2n) is 20.3. The lowest BCUT2D eigenvalue weighted by atomic mass is 10.1. The smallest absolute Gasteiger partial charge is 0.410 e. The molecule has 0 saturated carbocycles. The molecule has 4 aliphatic heterocycles. The number of hydrogen-bond acceptors (Lipinski definition) is 17. The number of likely N-dealkylation sites (tertiary alicyclic amines) is 1. The second-order valence-corrected chi connectivity index (χ2v) is 21.3. The monoisotopic (exact) mass is 1000 g/mol. The van der Waals surface area contributed by atoms with Gasteiger partial charge >= 0.3 is 24.4 Å². The van der Waals surface area contributed by atoms with E-state index in [-0.39, 0.29) is 45.8 Å². The Kier molecular flexibility index (Phi) is 19.4. The summed E-state index contributed by atoms with van der Waals surface area (Å²) in [5, 5.41) is 0.00000000000000178. The number of hydrogen-bond donors (Lipinski definition) is 0. The number of nitrogens with zero attached hydrogens (tertiary/aromatic N) is 13. The number of aromatic nitrogens is 6. The van der Waals surface area contributed by atoms with Crippen LogP contribution in [0.25, 0.3) is 0 Å². The molecule has 67 heavy (non-hydrogen) atoms. The summed E-state index contributed by atoms with van der Waals surface area (Å²) < 4.78 is 21.9. The van der Waals surface area contributed by atoms with Crippen molar-refractivity contribution in [2.75, 3.05) is 106 Å². The van der Waals surface area contributed by atoms with E-state index in [1.165, 1.54) is 6.42 Å². The molecule has 4 fully saturated rings. The van der Waals surface area contributed by atoms with Gasteiger partial charge in [0.1, 0.15) is 22.4 Å². The van der Waals surface area contributed by atoms with Gasteiger partial charge < -0.3 is 53.2 Å². The second kappa shape index (κ2) is 23.6. The average Bonchev–Trinajstić information content (AvgIpc) is 3.21. The van der Waals surface area contributed by atoms with Crippen LogP contribution in [0, 0.1) is 0 Å². The highest BCUT2D eigenvalue weighted by molar-refractivity contribution is 6.33. The van der Waals surface area contributed by atoms with E-state index in [0.717, 1.165) is 25.9 Å². The topological polar surface area (TPSA) is 205 Å². The minimum absolute atomic E-state index is 0.000000000000000444. The molecule has 4 saturated heterocycles. The van der Waals surface area contributed by atoms with Gasteiger partial charge in [0.2, 0.25) is 33.7 Å². The van der Waals surface area contributed by atoms with Crippen LogP contribution >= 0.6 is 34.8 Å². The summed E-state index contributed by atoms with van der Waals surface area (Å²) in [4.78, 5) is 87.5. The highest BCUT2D eigenvalue weighted by Gasteiger charge is 2.33. The molecule has 21 nitrogen and oxygen atoms in total. The summed E-state index contributed by atoms with van der Waals surface area (Å²) in [6.45, 7) is 30.3. The van der Waals surface area contributed by atoms with Crippen molar-refractivity contribution in [2.24, 2.45) is 0 Å². The standard InChI is InChI=1S/C30H51N9O6.C10H19NO2.C3Cl3N3/c1-28(2,3)43-25(40)37-16-10-34(11-17-37)22-31-23(35-12-18-38(19-13-35)26(41)44-29(4,5)6)33-24(32-22)36-14-20-39(21-15-36)27(42)45-30(7,8)9;1-10(2,3)13-9(12)11-7-5-4-6-8-11;4-1-7-2(5)9-3(6)8-1/h10-21H2,1-9H3;4-8H2,1-3H3;. The number of rotatable bonds is 3. The van der Waals surface area contributed by atoms with E-state index in [1.54, 1.807) is 19.6 Å². The number of carbonyl (C=O) groups is 4. The molecule has 6 heterocycles. The molecule has 0 bridgehead atoms. The van der Waals surface area contributed by atoms with E-state index in [0.29, 0.717) is 96.4 Å². The lowest BCUT2D eigenvalue weighted by Crippen LogP contribution is -2.52. The van der Waals surface area contributed by atoms with Crippen molar-refractivity contribution in [3.63, 3.8) is 0 Å². The van der Waals surface area contributed by atoms with Gasteiger partial charge in [-0.3, -0.25) is 0 Å². The molecule has 0 radical (unpaired) electrons. The van der Waals surface area contributed by atoms with Gasteiger partial charge in [0.05, 0.1) is 0 Å². The Hall–Kier alpha value is -4.63. The maximum Gasteiger partial charge on any atom is 0.410 e. The van der Waals surface area contributed by atoms with Crippen LogP contribution in [0.15, 0.2) is 0 Å². The molecule has 0 spiro atoms. The third kappa shape index (κ3) is 19.5. The first-order valence-corrected chi connectivity index (χ1v) is 23.8. The van der Waals surface area contributed by atoms with E-state index in [9.17, 15) is 19.2 Å². The Balaban J connectivity index is 0.000000361. The first kappa shape index (κ1) is 55.0. The molecule has 2 aromatic heterocycles. The van der Waals surface area contributed by atoms with Crippen molar-refractivity contribution in [1.29, 1.82) is 0 Å². The van der Waals surface area contributed by atoms with Crippen LogP contribution in [-0.4, -0.2) is 188 Å². The molecule has 376 valence electrons. The third-order valence-electron chi connectivity index (χ3n) is 9.80. The summed E-state index contributed by atoms with van der Waals surface area (Å²) in [5.74, 6) is 1.59. The lowest BCUT2D eigenvalue weighted by molar-refractivity contribution is 0.0209. The van der Waals surface area contributed by atoms with Crippen molar-refractivity contribution < 1.29 is 38.1 Å². The van der Waals surface area contributed by atoms with Crippen molar-refractivity contribution in [3.8, 4) is 0 Å². The van der Waals surface area contributed by atoms with Crippen LogP contribution in [0.3, 0.4) is 0 Å². The van der Waals surface area contributed by atoms with Gasteiger partial charge in [-0.25, -0.2) is 19.2 Å². The van der Waals surface area contributed by atoms with E-state index >= 15 is 0 Å². The largest absolute Gasteiger partial charge is 0.444 e. The Labute approximate surface area is 410 Å². The van der Waals surface area contributed by atoms with Gasteiger partial charge in [0.15, 0.2) is 0 Å². The molecule has 0 N–H and O–H groups in total. The van der Waals surface area contributed by atoms with Gasteiger partial charge in [-0.15, -0.1) is 0 Å².